The zero-order valence-corrected chi connectivity index (χ0v) is 13.0. The first-order chi connectivity index (χ1) is 10.6. The molecule has 0 saturated heterocycles. The van der Waals surface area contributed by atoms with Gasteiger partial charge in [-0.1, -0.05) is 0 Å². The molecule has 0 bridgehead atoms. The fourth-order valence-corrected chi connectivity index (χ4v) is 2.12. The van der Waals surface area contributed by atoms with E-state index in [2.05, 4.69) is 20.4 Å². The smallest absolute Gasteiger partial charge is 0.228 e. The van der Waals surface area contributed by atoms with E-state index in [1.54, 1.807) is 18.0 Å². The number of methoxy groups -OCH3 is 1. The Hall–Kier alpha value is -2.83. The van der Waals surface area contributed by atoms with Crippen molar-refractivity contribution in [3.63, 3.8) is 0 Å². The summed E-state index contributed by atoms with van der Waals surface area (Å²) in [5.74, 6) is 2.17. The van der Waals surface area contributed by atoms with E-state index < -0.39 is 0 Å². The summed E-state index contributed by atoms with van der Waals surface area (Å²) in [7, 11) is 7.34. The van der Waals surface area contributed by atoms with Crippen LogP contribution in [0.15, 0.2) is 30.5 Å². The molecule has 0 aliphatic heterocycles. The quantitative estimate of drug-likeness (QED) is 0.796. The second-order valence-corrected chi connectivity index (χ2v) is 5.13. The van der Waals surface area contributed by atoms with Crippen LogP contribution >= 0.6 is 0 Å². The summed E-state index contributed by atoms with van der Waals surface area (Å²) in [6.07, 6.45) is 1.76. The molecule has 0 atom stereocenters. The van der Waals surface area contributed by atoms with Crippen LogP contribution in [0.25, 0.3) is 11.0 Å². The first kappa shape index (κ1) is 14.1. The van der Waals surface area contributed by atoms with Crippen LogP contribution in [-0.2, 0) is 7.05 Å². The molecule has 22 heavy (non-hydrogen) atoms. The monoisotopic (exact) mass is 298 g/mol. The molecular weight excluding hydrogens is 280 g/mol. The number of ether oxygens (including phenoxy) is 1. The maximum absolute atomic E-state index is 5.17. The van der Waals surface area contributed by atoms with Crippen molar-refractivity contribution < 1.29 is 4.74 Å². The Kier molecular flexibility index (Phi) is 3.54. The lowest BCUT2D eigenvalue weighted by Crippen LogP contribution is -2.14. The molecule has 1 aromatic carbocycles. The number of aryl methyl sites for hydroxylation is 1. The standard InChI is InChI=1S/C15H18N6O/c1-20(2)15-18-13(12-9-16-21(3)14(12)19-15)17-10-5-7-11(22-4)8-6-10/h5-9H,1-4H3,(H,17,18,19). The highest BCUT2D eigenvalue weighted by molar-refractivity contribution is 5.89. The molecule has 1 N–H and O–H groups in total. The predicted molar refractivity (Wildman–Crippen MR) is 86.9 cm³/mol. The second kappa shape index (κ2) is 5.51. The third kappa shape index (κ3) is 2.52. The van der Waals surface area contributed by atoms with Crippen LogP contribution in [0, 0.1) is 0 Å². The summed E-state index contributed by atoms with van der Waals surface area (Å²) in [6.45, 7) is 0. The van der Waals surface area contributed by atoms with Crippen LogP contribution in [-0.4, -0.2) is 41.0 Å². The molecule has 0 radical (unpaired) electrons. The van der Waals surface area contributed by atoms with Gasteiger partial charge in [-0.3, -0.25) is 4.68 Å². The van der Waals surface area contributed by atoms with Gasteiger partial charge >= 0.3 is 0 Å². The van der Waals surface area contributed by atoms with Crippen LogP contribution in [0.4, 0.5) is 17.5 Å². The van der Waals surface area contributed by atoms with Crippen LogP contribution < -0.4 is 15.0 Å². The molecule has 0 aliphatic carbocycles. The van der Waals surface area contributed by atoms with Crippen molar-refractivity contribution in [1.29, 1.82) is 0 Å². The highest BCUT2D eigenvalue weighted by Gasteiger charge is 2.12. The number of nitrogens with zero attached hydrogens (tertiary/aromatic N) is 5. The Balaban J connectivity index is 2.04. The van der Waals surface area contributed by atoms with E-state index in [4.69, 9.17) is 4.74 Å². The minimum Gasteiger partial charge on any atom is -0.497 e. The van der Waals surface area contributed by atoms with E-state index >= 15 is 0 Å². The van der Waals surface area contributed by atoms with Crippen molar-refractivity contribution in [3.8, 4) is 5.75 Å². The Bertz CT molecular complexity index is 794. The maximum atomic E-state index is 5.17. The van der Waals surface area contributed by atoms with E-state index in [0.29, 0.717) is 5.95 Å². The number of benzene rings is 1. The van der Waals surface area contributed by atoms with Gasteiger partial charge in [0.25, 0.3) is 0 Å². The van der Waals surface area contributed by atoms with Gasteiger partial charge < -0.3 is 15.0 Å². The Morgan fingerprint density at radius 1 is 1.14 bits per heavy atom. The molecule has 3 aromatic rings. The minimum absolute atomic E-state index is 0.632. The first-order valence-corrected chi connectivity index (χ1v) is 6.86. The molecule has 7 nitrogen and oxygen atoms in total. The number of nitrogens with one attached hydrogen (secondary N) is 1. The van der Waals surface area contributed by atoms with Gasteiger partial charge in [-0.2, -0.15) is 15.1 Å². The summed E-state index contributed by atoms with van der Waals surface area (Å²) in [5.41, 5.74) is 1.71. The van der Waals surface area contributed by atoms with Gasteiger partial charge in [-0.05, 0) is 24.3 Å². The van der Waals surface area contributed by atoms with E-state index in [9.17, 15) is 0 Å². The molecule has 2 aromatic heterocycles. The van der Waals surface area contributed by atoms with E-state index in [0.717, 1.165) is 28.3 Å². The van der Waals surface area contributed by atoms with Gasteiger partial charge in [0.2, 0.25) is 5.95 Å². The van der Waals surface area contributed by atoms with Gasteiger partial charge in [0.1, 0.15) is 11.6 Å². The fraction of sp³-hybridized carbons (Fsp3) is 0.267. The third-order valence-electron chi connectivity index (χ3n) is 3.33. The lowest BCUT2D eigenvalue weighted by Gasteiger charge is -2.13. The Labute approximate surface area is 128 Å². The van der Waals surface area contributed by atoms with Gasteiger partial charge in [0.05, 0.1) is 18.7 Å². The molecule has 114 valence electrons. The van der Waals surface area contributed by atoms with Crippen molar-refractivity contribution in [1.82, 2.24) is 19.7 Å². The number of aromatic nitrogens is 4. The van der Waals surface area contributed by atoms with Crippen molar-refractivity contribution >= 4 is 28.5 Å². The van der Waals surface area contributed by atoms with Crippen LogP contribution in [0.5, 0.6) is 5.75 Å². The summed E-state index contributed by atoms with van der Waals surface area (Å²) >= 11 is 0. The zero-order chi connectivity index (χ0) is 15.7. The zero-order valence-electron chi connectivity index (χ0n) is 13.0. The van der Waals surface area contributed by atoms with Gasteiger partial charge in [-0.15, -0.1) is 0 Å². The van der Waals surface area contributed by atoms with Crippen molar-refractivity contribution in [3.05, 3.63) is 30.5 Å². The highest BCUT2D eigenvalue weighted by atomic mass is 16.5. The molecule has 3 rings (SSSR count). The topological polar surface area (TPSA) is 68.1 Å². The Morgan fingerprint density at radius 2 is 1.86 bits per heavy atom. The average molecular weight is 298 g/mol. The van der Waals surface area contributed by atoms with Gasteiger partial charge in [-0.25, -0.2) is 0 Å². The molecule has 0 unspecified atom stereocenters. The number of anilines is 3. The van der Waals surface area contributed by atoms with Crippen molar-refractivity contribution in [2.24, 2.45) is 7.05 Å². The number of hydrogen-bond donors (Lipinski definition) is 1. The molecule has 0 saturated carbocycles. The number of fused-ring (bicyclic) bond motifs is 1. The fourth-order valence-electron chi connectivity index (χ4n) is 2.12. The van der Waals surface area contributed by atoms with Crippen LogP contribution in [0.2, 0.25) is 0 Å². The molecule has 7 heteroatoms. The third-order valence-corrected chi connectivity index (χ3v) is 3.33. The van der Waals surface area contributed by atoms with E-state index in [-0.39, 0.29) is 0 Å². The summed E-state index contributed by atoms with van der Waals surface area (Å²) in [4.78, 5) is 11.0. The normalized spacial score (nSPS) is 10.7. The molecule has 0 spiro atoms. The molecule has 0 amide bonds. The summed E-state index contributed by atoms with van der Waals surface area (Å²) in [5, 5.41) is 8.46. The molecular formula is C15H18N6O. The average Bonchev–Trinajstić information content (AvgIpc) is 2.90. The molecule has 0 fully saturated rings. The maximum Gasteiger partial charge on any atom is 0.228 e. The van der Waals surface area contributed by atoms with E-state index in [1.165, 1.54) is 0 Å². The predicted octanol–water partition coefficient (Wildman–Crippen LogP) is 2.18. The summed E-state index contributed by atoms with van der Waals surface area (Å²) < 4.78 is 6.91. The lowest BCUT2D eigenvalue weighted by molar-refractivity contribution is 0.415. The van der Waals surface area contributed by atoms with Gasteiger partial charge in [0.15, 0.2) is 5.65 Å². The van der Waals surface area contributed by atoms with Crippen molar-refractivity contribution in [2.45, 2.75) is 0 Å². The summed E-state index contributed by atoms with van der Waals surface area (Å²) in [6, 6.07) is 7.69. The van der Waals surface area contributed by atoms with Gasteiger partial charge in [0, 0.05) is 26.8 Å². The minimum atomic E-state index is 0.632. The first-order valence-electron chi connectivity index (χ1n) is 6.86. The van der Waals surface area contributed by atoms with Crippen molar-refractivity contribution in [2.75, 3.05) is 31.4 Å². The molecule has 2 heterocycles. The highest BCUT2D eigenvalue weighted by Crippen LogP contribution is 2.26. The number of hydrogen-bond acceptors (Lipinski definition) is 6. The number of rotatable bonds is 4. The lowest BCUT2D eigenvalue weighted by atomic mass is 10.3. The van der Waals surface area contributed by atoms with Crippen LogP contribution in [0.1, 0.15) is 0 Å². The largest absolute Gasteiger partial charge is 0.497 e. The molecule has 0 aliphatic rings. The van der Waals surface area contributed by atoms with E-state index in [1.807, 2.05) is 50.3 Å². The van der Waals surface area contributed by atoms with Crippen LogP contribution in [0.3, 0.4) is 0 Å². The second-order valence-electron chi connectivity index (χ2n) is 5.13. The SMILES string of the molecule is COc1ccc(Nc2nc(N(C)C)nc3c2cnn3C)cc1. The Morgan fingerprint density at radius 3 is 2.50 bits per heavy atom.